The van der Waals surface area contributed by atoms with Crippen LogP contribution in [0.15, 0.2) is 24.3 Å². The second kappa shape index (κ2) is 3.53. The predicted molar refractivity (Wildman–Crippen MR) is 61.7 cm³/mol. The summed E-state index contributed by atoms with van der Waals surface area (Å²) in [6, 6.07) is 5.62. The zero-order valence-corrected chi connectivity index (χ0v) is 8.73. The summed E-state index contributed by atoms with van der Waals surface area (Å²) in [5.41, 5.74) is 5.45. The van der Waals surface area contributed by atoms with Gasteiger partial charge in [-0.3, -0.25) is 10.1 Å². The van der Waals surface area contributed by atoms with Gasteiger partial charge in [0.25, 0.3) is 5.69 Å². The van der Waals surface area contributed by atoms with Gasteiger partial charge in [0.05, 0.1) is 21.0 Å². The average molecular weight is 239 g/mol. The number of non-ortho nitro benzene ring substituents is 1. The fraction of sp³-hybridized carbons (Fsp3) is 0. The second-order valence-corrected chi connectivity index (χ2v) is 3.66. The Balaban J connectivity index is 2.99. The normalized spacial score (nSPS) is 10.6. The van der Waals surface area contributed by atoms with E-state index in [9.17, 15) is 15.2 Å². The van der Waals surface area contributed by atoms with E-state index >= 15 is 0 Å². The molecule has 0 spiro atoms. The summed E-state index contributed by atoms with van der Waals surface area (Å²) < 4.78 is 0. The maximum atomic E-state index is 10.8. The largest absolute Gasteiger partial charge is 0.505 e. The van der Waals surface area contributed by atoms with Crippen molar-refractivity contribution in [3.05, 3.63) is 39.4 Å². The molecule has 16 heavy (non-hydrogen) atoms. The molecule has 82 valence electrons. The van der Waals surface area contributed by atoms with E-state index in [-0.39, 0.29) is 32.9 Å². The fourth-order valence-electron chi connectivity index (χ4n) is 1.57. The number of phenolic OH excluding ortho intramolecular Hbond substituents is 1. The zero-order valence-electron chi connectivity index (χ0n) is 7.98. The highest BCUT2D eigenvalue weighted by molar-refractivity contribution is 6.37. The third kappa shape index (κ3) is 1.42. The van der Waals surface area contributed by atoms with Crippen molar-refractivity contribution in [1.82, 2.24) is 0 Å². The van der Waals surface area contributed by atoms with Gasteiger partial charge in [-0.2, -0.15) is 0 Å². The third-order valence-electron chi connectivity index (χ3n) is 2.29. The summed E-state index contributed by atoms with van der Waals surface area (Å²) in [4.78, 5) is 10.2. The molecule has 0 aliphatic heterocycles. The molecular formula is C10H7ClN2O3. The Morgan fingerprint density at radius 1 is 1.44 bits per heavy atom. The summed E-state index contributed by atoms with van der Waals surface area (Å²) in [7, 11) is 0. The van der Waals surface area contributed by atoms with Crippen molar-refractivity contribution < 1.29 is 10.0 Å². The highest BCUT2D eigenvalue weighted by atomic mass is 35.5. The monoisotopic (exact) mass is 238 g/mol. The van der Waals surface area contributed by atoms with Gasteiger partial charge in [-0.25, -0.2) is 0 Å². The van der Waals surface area contributed by atoms with Crippen molar-refractivity contribution >= 4 is 33.7 Å². The number of nitro benzene ring substituents is 1. The van der Waals surface area contributed by atoms with Crippen molar-refractivity contribution in [3.63, 3.8) is 0 Å². The molecule has 0 aliphatic rings. The molecule has 0 aromatic heterocycles. The average Bonchev–Trinajstić information content (AvgIpc) is 2.25. The molecule has 0 atom stereocenters. The molecule has 0 amide bonds. The summed E-state index contributed by atoms with van der Waals surface area (Å²) in [6.07, 6.45) is 0. The number of fused-ring (bicyclic) bond motifs is 1. The Bertz CT molecular complexity index is 598. The van der Waals surface area contributed by atoms with E-state index in [1.54, 1.807) is 0 Å². The van der Waals surface area contributed by atoms with Crippen LogP contribution in [0.2, 0.25) is 5.02 Å². The van der Waals surface area contributed by atoms with Crippen molar-refractivity contribution in [1.29, 1.82) is 0 Å². The van der Waals surface area contributed by atoms with Crippen LogP contribution in [0.25, 0.3) is 10.8 Å². The van der Waals surface area contributed by atoms with E-state index in [0.29, 0.717) is 0 Å². The summed E-state index contributed by atoms with van der Waals surface area (Å²) in [6.45, 7) is 0. The molecule has 0 unspecified atom stereocenters. The van der Waals surface area contributed by atoms with Crippen LogP contribution in [0.3, 0.4) is 0 Å². The van der Waals surface area contributed by atoms with Gasteiger partial charge in [-0.15, -0.1) is 0 Å². The van der Waals surface area contributed by atoms with Crippen LogP contribution in [0.1, 0.15) is 0 Å². The van der Waals surface area contributed by atoms with Crippen molar-refractivity contribution in [2.24, 2.45) is 0 Å². The second-order valence-electron chi connectivity index (χ2n) is 3.25. The van der Waals surface area contributed by atoms with Crippen LogP contribution in [-0.4, -0.2) is 10.0 Å². The number of nitrogens with two attached hydrogens (primary N) is 1. The molecule has 3 N–H and O–H groups in total. The maximum Gasteiger partial charge on any atom is 0.278 e. The molecule has 0 saturated carbocycles. The molecule has 0 heterocycles. The minimum absolute atomic E-state index is 0.0954. The molecule has 5 nitrogen and oxygen atoms in total. The number of phenols is 1. The van der Waals surface area contributed by atoms with Crippen LogP contribution in [-0.2, 0) is 0 Å². The molecule has 2 rings (SSSR count). The van der Waals surface area contributed by atoms with Gasteiger partial charge in [0.15, 0.2) is 0 Å². The first-order valence-electron chi connectivity index (χ1n) is 4.36. The van der Waals surface area contributed by atoms with E-state index in [4.69, 9.17) is 17.3 Å². The Labute approximate surface area is 95.2 Å². The minimum atomic E-state index is -0.552. The highest BCUT2D eigenvalue weighted by Gasteiger charge is 2.18. The Morgan fingerprint density at radius 2 is 2.12 bits per heavy atom. The lowest BCUT2D eigenvalue weighted by atomic mass is 10.1. The van der Waals surface area contributed by atoms with Gasteiger partial charge < -0.3 is 10.8 Å². The van der Waals surface area contributed by atoms with Crippen LogP contribution in [0.5, 0.6) is 5.75 Å². The molecule has 2 aromatic carbocycles. The zero-order chi connectivity index (χ0) is 11.9. The van der Waals surface area contributed by atoms with E-state index in [1.807, 2.05) is 0 Å². The first-order chi connectivity index (χ1) is 7.52. The van der Waals surface area contributed by atoms with E-state index in [1.165, 1.54) is 24.3 Å². The number of nitrogens with zero attached hydrogens (tertiary/aromatic N) is 1. The topological polar surface area (TPSA) is 89.4 Å². The standard InChI is InChI=1S/C10H7ClN2O3/c11-6-4-7(12)10(14)5-2-1-3-8(9(5)6)13(15)16/h1-4,14H,12H2. The van der Waals surface area contributed by atoms with Gasteiger partial charge in [-0.1, -0.05) is 23.7 Å². The predicted octanol–water partition coefficient (Wildman–Crippen LogP) is 2.69. The summed E-state index contributed by atoms with van der Waals surface area (Å²) >= 11 is 5.89. The first kappa shape index (κ1) is 10.5. The Hall–Kier alpha value is -2.01. The quantitative estimate of drug-likeness (QED) is 0.346. The van der Waals surface area contributed by atoms with Crippen molar-refractivity contribution in [2.45, 2.75) is 0 Å². The smallest absolute Gasteiger partial charge is 0.278 e. The molecule has 0 radical (unpaired) electrons. The molecular weight excluding hydrogens is 232 g/mol. The van der Waals surface area contributed by atoms with E-state index in [0.717, 1.165) is 0 Å². The summed E-state index contributed by atoms with van der Waals surface area (Å²) in [5.74, 6) is -0.192. The number of aromatic hydroxyl groups is 1. The number of nitro groups is 1. The van der Waals surface area contributed by atoms with Crippen LogP contribution >= 0.6 is 11.6 Å². The van der Waals surface area contributed by atoms with Gasteiger partial charge in [0.2, 0.25) is 0 Å². The van der Waals surface area contributed by atoms with Crippen molar-refractivity contribution in [2.75, 3.05) is 5.73 Å². The highest BCUT2D eigenvalue weighted by Crippen LogP contribution is 2.40. The lowest BCUT2D eigenvalue weighted by Crippen LogP contribution is -1.92. The van der Waals surface area contributed by atoms with Crippen LogP contribution in [0, 0.1) is 10.1 Å². The summed E-state index contributed by atoms with van der Waals surface area (Å²) in [5, 5.41) is 21.1. The van der Waals surface area contributed by atoms with Crippen LogP contribution < -0.4 is 5.73 Å². The third-order valence-corrected chi connectivity index (χ3v) is 2.59. The molecule has 0 aliphatic carbocycles. The number of rotatable bonds is 1. The van der Waals surface area contributed by atoms with Gasteiger partial charge >= 0.3 is 0 Å². The SMILES string of the molecule is Nc1cc(Cl)c2c([N+](=O)[O-])cccc2c1O. The number of nitrogen functional groups attached to an aromatic ring is 1. The molecule has 0 fully saturated rings. The Morgan fingerprint density at radius 3 is 2.75 bits per heavy atom. The van der Waals surface area contributed by atoms with Gasteiger partial charge in [-0.05, 0) is 6.07 Å². The maximum absolute atomic E-state index is 10.8. The number of benzene rings is 2. The number of hydrogen-bond acceptors (Lipinski definition) is 4. The lowest BCUT2D eigenvalue weighted by Gasteiger charge is -2.06. The van der Waals surface area contributed by atoms with Crippen LogP contribution in [0.4, 0.5) is 11.4 Å². The molecule has 0 bridgehead atoms. The Kier molecular flexibility index (Phi) is 2.32. The molecule has 2 aromatic rings. The number of anilines is 1. The number of hydrogen-bond donors (Lipinski definition) is 2. The van der Waals surface area contributed by atoms with Crippen molar-refractivity contribution in [3.8, 4) is 5.75 Å². The number of halogens is 1. The lowest BCUT2D eigenvalue weighted by molar-refractivity contribution is -0.383. The molecule has 0 saturated heterocycles. The fourth-order valence-corrected chi connectivity index (χ4v) is 1.89. The van der Waals surface area contributed by atoms with Gasteiger partial charge in [0.1, 0.15) is 5.75 Å². The van der Waals surface area contributed by atoms with E-state index < -0.39 is 4.92 Å². The molecule has 6 heteroatoms. The first-order valence-corrected chi connectivity index (χ1v) is 4.74. The minimum Gasteiger partial charge on any atom is -0.505 e. The van der Waals surface area contributed by atoms with E-state index in [2.05, 4.69) is 0 Å². The van der Waals surface area contributed by atoms with Gasteiger partial charge in [0, 0.05) is 11.5 Å².